The number of carbonyl (C=O) groups is 1. The van der Waals surface area contributed by atoms with E-state index >= 15 is 0 Å². The molecule has 0 unspecified atom stereocenters. The largest absolute Gasteiger partial charge is 0.493 e. The third kappa shape index (κ3) is 4.79. The van der Waals surface area contributed by atoms with E-state index in [-0.39, 0.29) is 11.6 Å². The summed E-state index contributed by atoms with van der Waals surface area (Å²) in [5.41, 5.74) is 3.29. The molecule has 0 atom stereocenters. The Hall–Kier alpha value is -3.09. The Bertz CT molecular complexity index is 843. The second kappa shape index (κ2) is 8.73. The van der Waals surface area contributed by atoms with Crippen LogP contribution in [-0.4, -0.2) is 48.5 Å². The molecule has 1 aliphatic rings. The van der Waals surface area contributed by atoms with E-state index in [2.05, 4.69) is 11.0 Å². The van der Waals surface area contributed by atoms with Crippen molar-refractivity contribution in [3.8, 4) is 5.75 Å². The highest BCUT2D eigenvalue weighted by Gasteiger charge is 2.21. The maximum Gasteiger partial charge on any atom is 0.269 e. The number of hydrogen-bond donors (Lipinski definition) is 0. The second-order valence-electron chi connectivity index (χ2n) is 7.01. The number of non-ortho nitro benzene ring substituents is 1. The predicted molar refractivity (Wildman–Crippen MR) is 108 cm³/mol. The van der Waals surface area contributed by atoms with Crippen molar-refractivity contribution in [1.29, 1.82) is 0 Å². The Morgan fingerprint density at radius 1 is 1.07 bits per heavy atom. The molecule has 2 aromatic carbocycles. The molecule has 1 saturated heterocycles. The fourth-order valence-corrected chi connectivity index (χ4v) is 3.37. The van der Waals surface area contributed by atoms with Gasteiger partial charge in [-0.1, -0.05) is 17.7 Å². The summed E-state index contributed by atoms with van der Waals surface area (Å²) in [6.07, 6.45) is 0.352. The molecule has 1 amide bonds. The number of hydrogen-bond acceptors (Lipinski definition) is 5. The molecule has 7 nitrogen and oxygen atoms in total. The molecular formula is C21H25N3O4. The van der Waals surface area contributed by atoms with Crippen LogP contribution < -0.4 is 9.64 Å². The van der Waals surface area contributed by atoms with Gasteiger partial charge in [0.1, 0.15) is 5.75 Å². The summed E-state index contributed by atoms with van der Waals surface area (Å²) in [6.45, 7) is 7.10. The highest BCUT2D eigenvalue weighted by Crippen LogP contribution is 2.21. The van der Waals surface area contributed by atoms with E-state index in [1.807, 2.05) is 30.9 Å². The zero-order valence-corrected chi connectivity index (χ0v) is 16.3. The Labute approximate surface area is 164 Å². The van der Waals surface area contributed by atoms with E-state index in [9.17, 15) is 14.9 Å². The zero-order chi connectivity index (χ0) is 20.1. The molecule has 28 heavy (non-hydrogen) atoms. The first-order chi connectivity index (χ1) is 13.4. The van der Waals surface area contributed by atoms with Crippen LogP contribution in [0, 0.1) is 24.0 Å². The smallest absolute Gasteiger partial charge is 0.269 e. The van der Waals surface area contributed by atoms with Crippen molar-refractivity contribution in [3.05, 3.63) is 63.7 Å². The second-order valence-corrected chi connectivity index (χ2v) is 7.01. The summed E-state index contributed by atoms with van der Waals surface area (Å²) in [5, 5.41) is 10.8. The highest BCUT2D eigenvalue weighted by molar-refractivity contribution is 5.76. The number of nitrogens with zero attached hydrogens (tertiary/aromatic N) is 3. The molecule has 0 spiro atoms. The summed E-state index contributed by atoms with van der Waals surface area (Å²) < 4.78 is 5.76. The Morgan fingerprint density at radius 3 is 2.36 bits per heavy atom. The van der Waals surface area contributed by atoms with Crippen LogP contribution in [0.5, 0.6) is 5.75 Å². The van der Waals surface area contributed by atoms with Gasteiger partial charge in [0, 0.05) is 44.0 Å². The Balaban J connectivity index is 1.45. The number of benzene rings is 2. The van der Waals surface area contributed by atoms with E-state index in [0.717, 1.165) is 17.0 Å². The van der Waals surface area contributed by atoms with Crippen LogP contribution in [0.3, 0.4) is 0 Å². The molecule has 1 aliphatic heterocycles. The minimum atomic E-state index is -0.402. The van der Waals surface area contributed by atoms with Crippen molar-refractivity contribution in [2.24, 2.45) is 0 Å². The van der Waals surface area contributed by atoms with Gasteiger partial charge in [0.25, 0.3) is 5.69 Å². The molecule has 1 heterocycles. The lowest BCUT2D eigenvalue weighted by molar-refractivity contribution is -0.384. The van der Waals surface area contributed by atoms with Crippen LogP contribution in [0.25, 0.3) is 0 Å². The average Bonchev–Trinajstić information content (AvgIpc) is 2.69. The van der Waals surface area contributed by atoms with Gasteiger partial charge < -0.3 is 14.5 Å². The number of ether oxygens (including phenoxy) is 1. The summed E-state index contributed by atoms with van der Waals surface area (Å²) in [5.74, 6) is 0.912. The molecule has 0 bridgehead atoms. The summed E-state index contributed by atoms with van der Waals surface area (Å²) in [4.78, 5) is 26.8. The lowest BCUT2D eigenvalue weighted by atomic mass is 10.1. The number of piperazine rings is 1. The fourth-order valence-electron chi connectivity index (χ4n) is 3.37. The van der Waals surface area contributed by atoms with Crippen molar-refractivity contribution in [3.63, 3.8) is 0 Å². The normalized spacial score (nSPS) is 14.1. The molecule has 0 aromatic heterocycles. The first-order valence-corrected chi connectivity index (χ1v) is 9.41. The van der Waals surface area contributed by atoms with Gasteiger partial charge in [-0.15, -0.1) is 0 Å². The number of anilines is 1. The molecule has 1 fully saturated rings. The number of aryl methyl sites for hydroxylation is 2. The topological polar surface area (TPSA) is 75.9 Å². The highest BCUT2D eigenvalue weighted by atomic mass is 16.6. The van der Waals surface area contributed by atoms with Gasteiger partial charge in [0.05, 0.1) is 18.0 Å². The molecule has 0 saturated carbocycles. The van der Waals surface area contributed by atoms with Crippen LogP contribution in [0.15, 0.2) is 42.5 Å². The minimum absolute atomic E-state index is 0.0846. The number of nitro benzene ring substituents is 1. The maximum absolute atomic E-state index is 12.4. The van der Waals surface area contributed by atoms with Crippen LogP contribution in [0.4, 0.5) is 11.4 Å². The lowest BCUT2D eigenvalue weighted by Gasteiger charge is -2.36. The van der Waals surface area contributed by atoms with Crippen molar-refractivity contribution < 1.29 is 14.5 Å². The minimum Gasteiger partial charge on any atom is -0.493 e. The Kier molecular flexibility index (Phi) is 6.13. The van der Waals surface area contributed by atoms with Crippen LogP contribution >= 0.6 is 0 Å². The third-order valence-corrected chi connectivity index (χ3v) is 4.96. The first-order valence-electron chi connectivity index (χ1n) is 9.41. The van der Waals surface area contributed by atoms with Crippen molar-refractivity contribution in [2.45, 2.75) is 20.3 Å². The molecule has 0 radical (unpaired) electrons. The standard InChI is InChI=1S/C21H25N3O4/c1-16-3-8-20(17(2)15-16)28-14-9-21(25)23-12-10-22(11-13-23)18-4-6-19(7-5-18)24(26)27/h3-8,15H,9-14H2,1-2H3. The summed E-state index contributed by atoms with van der Waals surface area (Å²) in [7, 11) is 0. The van der Waals surface area contributed by atoms with Crippen LogP contribution in [-0.2, 0) is 4.79 Å². The van der Waals surface area contributed by atoms with Gasteiger partial charge in [0.2, 0.25) is 5.91 Å². The predicted octanol–water partition coefficient (Wildman–Crippen LogP) is 3.33. The van der Waals surface area contributed by atoms with Crippen LogP contribution in [0.2, 0.25) is 0 Å². The Morgan fingerprint density at radius 2 is 1.75 bits per heavy atom. The molecule has 3 rings (SSSR count). The van der Waals surface area contributed by atoms with Gasteiger partial charge in [-0.3, -0.25) is 14.9 Å². The van der Waals surface area contributed by atoms with E-state index < -0.39 is 4.92 Å². The van der Waals surface area contributed by atoms with Crippen molar-refractivity contribution in [1.82, 2.24) is 4.90 Å². The van der Waals surface area contributed by atoms with E-state index in [1.165, 1.54) is 17.7 Å². The molecule has 0 aliphatic carbocycles. The number of carbonyl (C=O) groups excluding carboxylic acids is 1. The zero-order valence-electron chi connectivity index (χ0n) is 16.3. The van der Waals surface area contributed by atoms with Gasteiger partial charge in [-0.25, -0.2) is 0 Å². The molecule has 7 heteroatoms. The van der Waals surface area contributed by atoms with E-state index in [4.69, 9.17) is 4.74 Å². The van der Waals surface area contributed by atoms with Crippen LogP contribution in [0.1, 0.15) is 17.5 Å². The average molecular weight is 383 g/mol. The van der Waals surface area contributed by atoms with Gasteiger partial charge >= 0.3 is 0 Å². The fraction of sp³-hybridized carbons (Fsp3) is 0.381. The van der Waals surface area contributed by atoms with Gasteiger partial charge in [0.15, 0.2) is 0 Å². The van der Waals surface area contributed by atoms with E-state index in [1.54, 1.807) is 12.1 Å². The quantitative estimate of drug-likeness (QED) is 0.565. The number of rotatable bonds is 6. The maximum atomic E-state index is 12.4. The number of nitro groups is 1. The molecule has 0 N–H and O–H groups in total. The third-order valence-electron chi connectivity index (χ3n) is 4.96. The molecule has 2 aromatic rings. The van der Waals surface area contributed by atoms with Crippen molar-refractivity contribution >= 4 is 17.3 Å². The lowest BCUT2D eigenvalue weighted by Crippen LogP contribution is -2.49. The SMILES string of the molecule is Cc1ccc(OCCC(=O)N2CCN(c3ccc([N+](=O)[O-])cc3)CC2)c(C)c1. The molecular weight excluding hydrogens is 358 g/mol. The monoisotopic (exact) mass is 383 g/mol. The molecule has 148 valence electrons. The van der Waals surface area contributed by atoms with E-state index in [0.29, 0.717) is 39.2 Å². The van der Waals surface area contributed by atoms with Crippen molar-refractivity contribution in [2.75, 3.05) is 37.7 Å². The van der Waals surface area contributed by atoms with Gasteiger partial charge in [-0.2, -0.15) is 0 Å². The first kappa shape index (κ1) is 19.7. The summed E-state index contributed by atoms with van der Waals surface area (Å²) >= 11 is 0. The van der Waals surface area contributed by atoms with Gasteiger partial charge in [-0.05, 0) is 37.6 Å². The summed E-state index contributed by atoms with van der Waals surface area (Å²) in [6, 6.07) is 12.5. The number of amides is 1.